The summed E-state index contributed by atoms with van der Waals surface area (Å²) in [5.74, 6) is 0.988. The number of nitrogens with one attached hydrogen (secondary N) is 1. The van der Waals surface area contributed by atoms with Crippen LogP contribution in [0.25, 0.3) is 10.7 Å². The van der Waals surface area contributed by atoms with Crippen molar-refractivity contribution in [3.63, 3.8) is 0 Å². The molecule has 1 amide bonds. The van der Waals surface area contributed by atoms with Crippen LogP contribution in [0.15, 0.2) is 77.3 Å². The Labute approximate surface area is 188 Å². The minimum atomic E-state index is -0.0770. The Morgan fingerprint density at radius 1 is 1.03 bits per heavy atom. The first kappa shape index (κ1) is 20.7. The molecule has 0 bridgehead atoms. The van der Waals surface area contributed by atoms with Crippen LogP contribution in [0.5, 0.6) is 0 Å². The normalized spacial score (nSPS) is 10.8. The Hall–Kier alpha value is -2.61. The number of hydrogen-bond acceptors (Lipinski definition) is 5. The monoisotopic (exact) mass is 454 g/mol. The molecule has 0 atom stereocenters. The van der Waals surface area contributed by atoms with Crippen molar-refractivity contribution in [2.45, 2.75) is 18.2 Å². The Kier molecular flexibility index (Phi) is 6.84. The highest BCUT2D eigenvalue weighted by atomic mass is 35.5. The maximum absolute atomic E-state index is 12.4. The Balaban J connectivity index is 1.45. The molecule has 30 heavy (non-hydrogen) atoms. The summed E-state index contributed by atoms with van der Waals surface area (Å²) in [6.45, 7) is 1.04. The molecular weight excluding hydrogens is 436 g/mol. The van der Waals surface area contributed by atoms with Crippen LogP contribution in [-0.4, -0.2) is 26.4 Å². The molecule has 0 radical (unpaired) electrons. The average molecular weight is 455 g/mol. The van der Waals surface area contributed by atoms with Crippen molar-refractivity contribution in [2.75, 3.05) is 5.75 Å². The van der Waals surface area contributed by atoms with Crippen LogP contribution < -0.4 is 5.32 Å². The molecule has 0 unspecified atom stereocenters. The molecule has 1 N–H and O–H groups in total. The first-order valence-corrected chi connectivity index (χ1v) is 11.6. The molecule has 4 aromatic rings. The standard InChI is InChI=1S/C22H19ClN4OS2/c23-18-10-5-4-9-17(18)13-24-20(28)15-30-22-26-25-21(19-11-6-12-29-19)27(22)14-16-7-2-1-3-8-16/h1-12H,13-15H2,(H,24,28). The third-order valence-electron chi connectivity index (χ3n) is 4.41. The Morgan fingerprint density at radius 3 is 2.60 bits per heavy atom. The average Bonchev–Trinajstić information content (AvgIpc) is 3.42. The van der Waals surface area contributed by atoms with E-state index in [2.05, 4.69) is 32.2 Å². The van der Waals surface area contributed by atoms with Crippen LogP contribution in [0, 0.1) is 0 Å². The third kappa shape index (κ3) is 5.11. The zero-order chi connectivity index (χ0) is 20.8. The van der Waals surface area contributed by atoms with Gasteiger partial charge in [0.1, 0.15) is 0 Å². The summed E-state index contributed by atoms with van der Waals surface area (Å²) in [5.41, 5.74) is 2.05. The lowest BCUT2D eigenvalue weighted by molar-refractivity contribution is -0.118. The molecule has 8 heteroatoms. The summed E-state index contributed by atoms with van der Waals surface area (Å²) >= 11 is 9.15. The van der Waals surface area contributed by atoms with Crippen LogP contribution in [0.1, 0.15) is 11.1 Å². The van der Waals surface area contributed by atoms with Gasteiger partial charge in [0.25, 0.3) is 0 Å². The fraction of sp³-hybridized carbons (Fsp3) is 0.136. The summed E-state index contributed by atoms with van der Waals surface area (Å²) in [6, 6.07) is 21.7. The Morgan fingerprint density at radius 2 is 1.83 bits per heavy atom. The van der Waals surface area contributed by atoms with E-state index < -0.39 is 0 Å². The number of aromatic nitrogens is 3. The van der Waals surface area contributed by atoms with E-state index in [-0.39, 0.29) is 11.7 Å². The number of rotatable bonds is 8. The van der Waals surface area contributed by atoms with Crippen molar-refractivity contribution in [3.05, 3.63) is 88.3 Å². The fourth-order valence-corrected chi connectivity index (χ4v) is 4.60. The van der Waals surface area contributed by atoms with E-state index in [1.165, 1.54) is 11.8 Å². The molecule has 0 fully saturated rings. The number of halogens is 1. The molecule has 0 saturated heterocycles. The highest BCUT2D eigenvalue weighted by Gasteiger charge is 2.17. The van der Waals surface area contributed by atoms with E-state index in [9.17, 15) is 4.79 Å². The van der Waals surface area contributed by atoms with E-state index >= 15 is 0 Å². The molecule has 0 aliphatic heterocycles. The number of hydrogen-bond donors (Lipinski definition) is 1. The third-order valence-corrected chi connectivity index (χ3v) is 6.61. The smallest absolute Gasteiger partial charge is 0.230 e. The molecule has 2 aromatic heterocycles. The molecule has 0 aliphatic rings. The minimum absolute atomic E-state index is 0.0770. The van der Waals surface area contributed by atoms with Gasteiger partial charge in [0.2, 0.25) is 5.91 Å². The van der Waals surface area contributed by atoms with Gasteiger partial charge in [0, 0.05) is 11.6 Å². The van der Waals surface area contributed by atoms with Gasteiger partial charge in [0.15, 0.2) is 11.0 Å². The molecule has 5 nitrogen and oxygen atoms in total. The van der Waals surface area contributed by atoms with E-state index in [0.29, 0.717) is 18.1 Å². The van der Waals surface area contributed by atoms with Crippen molar-refractivity contribution >= 4 is 40.6 Å². The second-order valence-corrected chi connectivity index (χ2v) is 8.81. The van der Waals surface area contributed by atoms with Crippen LogP contribution in [0.4, 0.5) is 0 Å². The lowest BCUT2D eigenvalue weighted by Gasteiger charge is -2.10. The molecular formula is C22H19ClN4OS2. The fourth-order valence-electron chi connectivity index (χ4n) is 2.91. The van der Waals surface area contributed by atoms with Crippen molar-refractivity contribution in [3.8, 4) is 10.7 Å². The van der Waals surface area contributed by atoms with Gasteiger partial charge in [-0.1, -0.05) is 78.0 Å². The first-order chi connectivity index (χ1) is 14.7. The number of nitrogens with zero attached hydrogens (tertiary/aromatic N) is 3. The van der Waals surface area contributed by atoms with Crippen molar-refractivity contribution in [1.82, 2.24) is 20.1 Å². The topological polar surface area (TPSA) is 59.8 Å². The van der Waals surface area contributed by atoms with Crippen molar-refractivity contribution in [1.29, 1.82) is 0 Å². The largest absolute Gasteiger partial charge is 0.351 e. The lowest BCUT2D eigenvalue weighted by atomic mass is 10.2. The molecule has 0 aliphatic carbocycles. The molecule has 152 valence electrons. The van der Waals surface area contributed by atoms with Gasteiger partial charge >= 0.3 is 0 Å². The number of amides is 1. The lowest BCUT2D eigenvalue weighted by Crippen LogP contribution is -2.24. The van der Waals surface area contributed by atoms with Gasteiger partial charge in [-0.2, -0.15) is 0 Å². The van der Waals surface area contributed by atoms with E-state index in [1.54, 1.807) is 11.3 Å². The highest BCUT2D eigenvalue weighted by molar-refractivity contribution is 7.99. The predicted octanol–water partition coefficient (Wildman–Crippen LogP) is 5.12. The zero-order valence-electron chi connectivity index (χ0n) is 16.0. The molecule has 2 aromatic carbocycles. The number of carbonyl (C=O) groups excluding carboxylic acids is 1. The zero-order valence-corrected chi connectivity index (χ0v) is 18.4. The van der Waals surface area contributed by atoms with Crippen LogP contribution in [0.3, 0.4) is 0 Å². The SMILES string of the molecule is O=C(CSc1nnc(-c2cccs2)n1Cc1ccccc1)NCc1ccccc1Cl. The number of carbonyl (C=O) groups is 1. The molecule has 2 heterocycles. The van der Waals surface area contributed by atoms with Crippen molar-refractivity contribution in [2.24, 2.45) is 0 Å². The summed E-state index contributed by atoms with van der Waals surface area (Å²) in [5, 5.41) is 15.0. The Bertz CT molecular complexity index is 1110. The van der Waals surface area contributed by atoms with E-state index in [0.717, 1.165) is 27.0 Å². The predicted molar refractivity (Wildman–Crippen MR) is 123 cm³/mol. The van der Waals surface area contributed by atoms with E-state index in [1.807, 2.05) is 60.0 Å². The van der Waals surface area contributed by atoms with Crippen molar-refractivity contribution < 1.29 is 4.79 Å². The number of benzene rings is 2. The quantitative estimate of drug-likeness (QED) is 0.375. The van der Waals surface area contributed by atoms with Gasteiger partial charge in [-0.05, 0) is 28.6 Å². The van der Waals surface area contributed by atoms with Crippen LogP contribution in [0.2, 0.25) is 5.02 Å². The maximum Gasteiger partial charge on any atom is 0.230 e. The highest BCUT2D eigenvalue weighted by Crippen LogP contribution is 2.28. The second kappa shape index (κ2) is 9.93. The first-order valence-electron chi connectivity index (χ1n) is 9.34. The molecule has 0 spiro atoms. The number of thioether (sulfide) groups is 1. The molecule has 4 rings (SSSR count). The van der Waals surface area contributed by atoms with Gasteiger partial charge in [-0.3, -0.25) is 9.36 Å². The summed E-state index contributed by atoms with van der Waals surface area (Å²) in [4.78, 5) is 13.4. The van der Waals surface area contributed by atoms with Gasteiger partial charge in [0.05, 0.1) is 17.2 Å². The summed E-state index contributed by atoms with van der Waals surface area (Å²) in [7, 11) is 0. The minimum Gasteiger partial charge on any atom is -0.351 e. The summed E-state index contributed by atoms with van der Waals surface area (Å²) in [6.07, 6.45) is 0. The van der Waals surface area contributed by atoms with E-state index in [4.69, 9.17) is 11.6 Å². The maximum atomic E-state index is 12.4. The van der Waals surface area contributed by atoms with Crippen LogP contribution >= 0.6 is 34.7 Å². The summed E-state index contributed by atoms with van der Waals surface area (Å²) < 4.78 is 2.06. The van der Waals surface area contributed by atoms with Crippen LogP contribution in [-0.2, 0) is 17.9 Å². The molecule has 0 saturated carbocycles. The second-order valence-electron chi connectivity index (χ2n) is 6.51. The number of thiophene rings is 1. The van der Waals surface area contributed by atoms with Gasteiger partial charge < -0.3 is 5.32 Å². The van der Waals surface area contributed by atoms with Gasteiger partial charge in [-0.25, -0.2) is 0 Å². The van der Waals surface area contributed by atoms with Gasteiger partial charge in [-0.15, -0.1) is 21.5 Å².